The van der Waals surface area contributed by atoms with Crippen molar-refractivity contribution in [2.45, 2.75) is 44.9 Å². The van der Waals surface area contributed by atoms with Crippen LogP contribution in [-0.4, -0.2) is 45.9 Å². The molecule has 1 saturated carbocycles. The third kappa shape index (κ3) is 4.57. The molecule has 1 aliphatic heterocycles. The molecule has 5 nitrogen and oxygen atoms in total. The van der Waals surface area contributed by atoms with Crippen LogP contribution in [0.25, 0.3) is 0 Å². The van der Waals surface area contributed by atoms with Crippen molar-refractivity contribution in [2.24, 2.45) is 16.6 Å². The van der Waals surface area contributed by atoms with Gasteiger partial charge in [-0.3, -0.25) is 4.79 Å². The van der Waals surface area contributed by atoms with Crippen molar-refractivity contribution in [2.75, 3.05) is 40.0 Å². The minimum Gasteiger partial charge on any atom is -0.385 e. The highest BCUT2D eigenvalue weighted by molar-refractivity contribution is 5.85. The quantitative estimate of drug-likeness (QED) is 0.745. The number of nitrogens with one attached hydrogen (secondary N) is 1. The fourth-order valence-electron chi connectivity index (χ4n) is 3.70. The number of halogens is 1. The number of rotatable bonds is 7. The lowest BCUT2D eigenvalue weighted by Crippen LogP contribution is -2.51. The van der Waals surface area contributed by atoms with Crippen LogP contribution in [0.15, 0.2) is 0 Å². The van der Waals surface area contributed by atoms with Crippen LogP contribution in [0.3, 0.4) is 0 Å². The molecule has 22 heavy (non-hydrogen) atoms. The lowest BCUT2D eigenvalue weighted by atomic mass is 9.78. The number of amides is 1. The molecule has 6 heteroatoms. The van der Waals surface area contributed by atoms with Crippen LogP contribution in [0.1, 0.15) is 44.9 Å². The van der Waals surface area contributed by atoms with Crippen LogP contribution in [0.4, 0.5) is 0 Å². The highest BCUT2D eigenvalue weighted by Crippen LogP contribution is 2.41. The van der Waals surface area contributed by atoms with Gasteiger partial charge in [0.05, 0.1) is 5.41 Å². The van der Waals surface area contributed by atoms with Crippen molar-refractivity contribution >= 4 is 18.3 Å². The summed E-state index contributed by atoms with van der Waals surface area (Å²) in [5.74, 6) is 0.122. The molecule has 2 fully saturated rings. The molecular formula is C16H31ClN2O3. The van der Waals surface area contributed by atoms with E-state index < -0.39 is 5.41 Å². The summed E-state index contributed by atoms with van der Waals surface area (Å²) >= 11 is 0. The van der Waals surface area contributed by atoms with Gasteiger partial charge in [-0.25, -0.2) is 0 Å². The summed E-state index contributed by atoms with van der Waals surface area (Å²) in [5, 5.41) is 3.21. The summed E-state index contributed by atoms with van der Waals surface area (Å²) in [4.78, 5) is 12.6. The van der Waals surface area contributed by atoms with Gasteiger partial charge in [-0.15, -0.1) is 12.4 Å². The number of hydrogen-bond donors (Lipinski definition) is 2. The average Bonchev–Trinajstić information content (AvgIpc) is 3.00. The zero-order chi connectivity index (χ0) is 15.2. The first-order chi connectivity index (χ1) is 10.2. The zero-order valence-corrected chi connectivity index (χ0v) is 14.5. The topological polar surface area (TPSA) is 73.6 Å². The monoisotopic (exact) mass is 334 g/mol. The summed E-state index contributed by atoms with van der Waals surface area (Å²) in [7, 11) is 1.74. The van der Waals surface area contributed by atoms with Gasteiger partial charge in [0, 0.05) is 40.0 Å². The minimum atomic E-state index is -0.417. The minimum absolute atomic E-state index is 0. The Balaban J connectivity index is 0.00000242. The van der Waals surface area contributed by atoms with Gasteiger partial charge in [-0.05, 0) is 37.5 Å². The second-order valence-corrected chi connectivity index (χ2v) is 6.73. The molecule has 1 aliphatic carbocycles. The van der Waals surface area contributed by atoms with E-state index in [9.17, 15) is 4.79 Å². The standard InChI is InChI=1S/C16H30N2O3.ClH/c1-20-9-6-15(4-2-3-5-15)13-18-14(19)16(12-17)7-10-21-11-8-16;/h2-13,17H2,1H3,(H,18,19);1H. The van der Waals surface area contributed by atoms with E-state index in [4.69, 9.17) is 15.2 Å². The molecule has 0 spiro atoms. The van der Waals surface area contributed by atoms with E-state index in [2.05, 4.69) is 5.32 Å². The Hall–Kier alpha value is -0.360. The summed E-state index contributed by atoms with van der Waals surface area (Å²) in [6, 6.07) is 0. The molecule has 0 aromatic rings. The first kappa shape index (κ1) is 19.7. The molecule has 0 atom stereocenters. The molecule has 1 saturated heterocycles. The van der Waals surface area contributed by atoms with Crippen LogP contribution in [0.5, 0.6) is 0 Å². The molecule has 0 bridgehead atoms. The zero-order valence-electron chi connectivity index (χ0n) is 13.7. The maximum atomic E-state index is 12.6. The molecule has 130 valence electrons. The highest BCUT2D eigenvalue weighted by atomic mass is 35.5. The van der Waals surface area contributed by atoms with E-state index in [1.807, 2.05) is 0 Å². The number of carbonyl (C=O) groups excluding carboxylic acids is 1. The highest BCUT2D eigenvalue weighted by Gasteiger charge is 2.40. The van der Waals surface area contributed by atoms with Gasteiger partial charge in [-0.2, -0.15) is 0 Å². The maximum Gasteiger partial charge on any atom is 0.227 e. The number of nitrogens with two attached hydrogens (primary N) is 1. The number of carbonyl (C=O) groups is 1. The van der Waals surface area contributed by atoms with Crippen LogP contribution in [0, 0.1) is 10.8 Å². The van der Waals surface area contributed by atoms with E-state index in [-0.39, 0.29) is 23.7 Å². The van der Waals surface area contributed by atoms with Gasteiger partial charge < -0.3 is 20.5 Å². The Morgan fingerprint density at radius 3 is 2.41 bits per heavy atom. The largest absolute Gasteiger partial charge is 0.385 e. The Labute approximate surface area is 140 Å². The van der Waals surface area contributed by atoms with Crippen molar-refractivity contribution in [3.63, 3.8) is 0 Å². The summed E-state index contributed by atoms with van der Waals surface area (Å²) in [6.07, 6.45) is 7.40. The maximum absolute atomic E-state index is 12.6. The van der Waals surface area contributed by atoms with E-state index in [1.165, 1.54) is 25.7 Å². The van der Waals surface area contributed by atoms with Gasteiger partial charge in [-0.1, -0.05) is 12.8 Å². The van der Waals surface area contributed by atoms with Crippen molar-refractivity contribution in [3.8, 4) is 0 Å². The number of hydrogen-bond acceptors (Lipinski definition) is 4. The molecule has 3 N–H and O–H groups in total. The van der Waals surface area contributed by atoms with E-state index in [0.717, 1.165) is 32.4 Å². The molecule has 0 radical (unpaired) electrons. The predicted molar refractivity (Wildman–Crippen MR) is 89.2 cm³/mol. The molecular weight excluding hydrogens is 304 g/mol. The molecule has 2 rings (SSSR count). The van der Waals surface area contributed by atoms with Gasteiger partial charge in [0.2, 0.25) is 5.91 Å². The van der Waals surface area contributed by atoms with Crippen molar-refractivity contribution < 1.29 is 14.3 Å². The first-order valence-electron chi connectivity index (χ1n) is 8.22. The Morgan fingerprint density at radius 1 is 1.23 bits per heavy atom. The lowest BCUT2D eigenvalue weighted by molar-refractivity contribution is -0.136. The molecule has 0 aromatic heterocycles. The molecule has 0 unspecified atom stereocenters. The Kier molecular flexibility index (Phi) is 8.11. The fraction of sp³-hybridized carbons (Fsp3) is 0.938. The van der Waals surface area contributed by atoms with E-state index in [0.29, 0.717) is 19.8 Å². The summed E-state index contributed by atoms with van der Waals surface area (Å²) in [6.45, 7) is 3.22. The van der Waals surface area contributed by atoms with Crippen LogP contribution >= 0.6 is 12.4 Å². The van der Waals surface area contributed by atoms with Gasteiger partial charge >= 0.3 is 0 Å². The Bertz CT molecular complexity index is 340. The van der Waals surface area contributed by atoms with Crippen LogP contribution in [0.2, 0.25) is 0 Å². The van der Waals surface area contributed by atoms with Gasteiger partial charge in [0.1, 0.15) is 0 Å². The van der Waals surface area contributed by atoms with Crippen molar-refractivity contribution in [1.82, 2.24) is 5.32 Å². The third-order valence-electron chi connectivity index (χ3n) is 5.45. The second-order valence-electron chi connectivity index (χ2n) is 6.73. The first-order valence-corrected chi connectivity index (χ1v) is 8.22. The van der Waals surface area contributed by atoms with Crippen LogP contribution < -0.4 is 11.1 Å². The second kappa shape index (κ2) is 9.06. The lowest BCUT2D eigenvalue weighted by Gasteiger charge is -2.36. The Morgan fingerprint density at radius 2 is 1.86 bits per heavy atom. The van der Waals surface area contributed by atoms with E-state index in [1.54, 1.807) is 7.11 Å². The van der Waals surface area contributed by atoms with Crippen molar-refractivity contribution in [3.05, 3.63) is 0 Å². The molecule has 1 amide bonds. The number of methoxy groups -OCH3 is 1. The molecule has 0 aromatic carbocycles. The van der Waals surface area contributed by atoms with Crippen molar-refractivity contribution in [1.29, 1.82) is 0 Å². The molecule has 2 aliphatic rings. The number of ether oxygens (including phenoxy) is 2. The van der Waals surface area contributed by atoms with Gasteiger partial charge in [0.25, 0.3) is 0 Å². The SMILES string of the molecule is COCCC1(CNC(=O)C2(CN)CCOCC2)CCCC1.Cl. The third-order valence-corrected chi connectivity index (χ3v) is 5.45. The predicted octanol–water partition coefficient (Wildman–Crippen LogP) is 1.88. The summed E-state index contributed by atoms with van der Waals surface area (Å²) < 4.78 is 10.6. The molecule has 1 heterocycles. The fourth-order valence-corrected chi connectivity index (χ4v) is 3.70. The average molecular weight is 335 g/mol. The van der Waals surface area contributed by atoms with E-state index >= 15 is 0 Å². The van der Waals surface area contributed by atoms with Gasteiger partial charge in [0.15, 0.2) is 0 Å². The normalized spacial score (nSPS) is 22.8. The summed E-state index contributed by atoms with van der Waals surface area (Å²) in [5.41, 5.74) is 5.71. The smallest absolute Gasteiger partial charge is 0.227 e. The van der Waals surface area contributed by atoms with Crippen LogP contribution in [-0.2, 0) is 14.3 Å².